The van der Waals surface area contributed by atoms with Crippen LogP contribution in [-0.4, -0.2) is 45.0 Å². The number of benzene rings is 1. The minimum atomic E-state index is -0.619. The quantitative estimate of drug-likeness (QED) is 0.522. The molecule has 1 aromatic carbocycles. The van der Waals surface area contributed by atoms with Gasteiger partial charge in [0, 0.05) is 18.3 Å². The van der Waals surface area contributed by atoms with Crippen molar-refractivity contribution in [1.29, 1.82) is 0 Å². The van der Waals surface area contributed by atoms with Gasteiger partial charge in [0.25, 0.3) is 0 Å². The lowest BCUT2D eigenvalue weighted by Gasteiger charge is -2.09. The number of amides is 1. The summed E-state index contributed by atoms with van der Waals surface area (Å²) in [6.45, 7) is 1.62. The summed E-state index contributed by atoms with van der Waals surface area (Å²) in [6.07, 6.45) is 0.642. The van der Waals surface area contributed by atoms with Gasteiger partial charge in [0.05, 0.1) is 24.7 Å². The third kappa shape index (κ3) is 5.82. The van der Waals surface area contributed by atoms with Crippen molar-refractivity contribution in [2.24, 2.45) is 0 Å². The summed E-state index contributed by atoms with van der Waals surface area (Å²) in [6, 6.07) is 8.16. The lowest BCUT2D eigenvalue weighted by Crippen LogP contribution is -2.22. The van der Waals surface area contributed by atoms with Gasteiger partial charge in [-0.25, -0.2) is 4.79 Å². The van der Waals surface area contributed by atoms with Gasteiger partial charge in [-0.2, -0.15) is 0 Å². The summed E-state index contributed by atoms with van der Waals surface area (Å²) in [4.78, 5) is 36.7. The molecule has 0 saturated heterocycles. The van der Waals surface area contributed by atoms with E-state index in [0.29, 0.717) is 29.3 Å². The molecule has 2 rings (SSSR count). The number of Topliss-reactive ketones (excluding diaryl/α,β-unsaturated/α-hetero) is 1. The van der Waals surface area contributed by atoms with Gasteiger partial charge in [-0.3, -0.25) is 9.59 Å². The molecule has 7 nitrogen and oxygen atoms in total. The number of nitrogens with one attached hydrogen (secondary N) is 1. The van der Waals surface area contributed by atoms with E-state index >= 15 is 0 Å². The number of carbonyl (C=O) groups is 3. The van der Waals surface area contributed by atoms with Crippen molar-refractivity contribution >= 4 is 29.0 Å². The zero-order chi connectivity index (χ0) is 19.8. The second kappa shape index (κ2) is 9.72. The third-order valence-corrected chi connectivity index (χ3v) is 4.82. The van der Waals surface area contributed by atoms with Crippen molar-refractivity contribution in [2.45, 2.75) is 13.3 Å². The van der Waals surface area contributed by atoms with Gasteiger partial charge in [-0.1, -0.05) is 0 Å². The maximum absolute atomic E-state index is 12.2. The average Bonchev–Trinajstić information content (AvgIpc) is 3.13. The first-order valence-corrected chi connectivity index (χ1v) is 9.01. The zero-order valence-electron chi connectivity index (χ0n) is 15.4. The zero-order valence-corrected chi connectivity index (χ0v) is 16.2. The standard InChI is InChI=1S/C19H21NO6S/c1-12(21)20-9-8-14-5-7-18(27-14)15(22)11-26-19(23)13-4-6-16(24-2)17(10-13)25-3/h4-7,10H,8-9,11H2,1-3H3,(H,20,21). The fourth-order valence-corrected chi connectivity index (χ4v) is 3.20. The molecule has 0 fully saturated rings. The molecule has 0 atom stereocenters. The molecule has 2 aromatic rings. The van der Waals surface area contributed by atoms with E-state index in [1.807, 2.05) is 6.07 Å². The molecule has 1 heterocycles. The molecule has 0 aliphatic carbocycles. The van der Waals surface area contributed by atoms with E-state index in [0.717, 1.165) is 4.88 Å². The van der Waals surface area contributed by atoms with E-state index in [1.54, 1.807) is 18.2 Å². The summed E-state index contributed by atoms with van der Waals surface area (Å²) < 4.78 is 15.4. The normalized spacial score (nSPS) is 10.2. The van der Waals surface area contributed by atoms with Crippen LogP contribution in [0.25, 0.3) is 0 Å². The molecule has 1 aromatic heterocycles. The van der Waals surface area contributed by atoms with E-state index in [9.17, 15) is 14.4 Å². The highest BCUT2D eigenvalue weighted by atomic mass is 32.1. The SMILES string of the molecule is COc1ccc(C(=O)OCC(=O)c2ccc(CCNC(C)=O)s2)cc1OC. The molecule has 0 saturated carbocycles. The Bertz CT molecular complexity index is 829. The second-order valence-electron chi connectivity index (χ2n) is 5.57. The number of carbonyl (C=O) groups excluding carboxylic acids is 3. The summed E-state index contributed by atoms with van der Waals surface area (Å²) in [5, 5.41) is 2.70. The molecule has 0 spiro atoms. The molecule has 0 bridgehead atoms. The predicted octanol–water partition coefficient (Wildman–Crippen LogP) is 2.48. The lowest BCUT2D eigenvalue weighted by molar-refractivity contribution is -0.118. The number of methoxy groups -OCH3 is 2. The van der Waals surface area contributed by atoms with Crippen molar-refractivity contribution < 1.29 is 28.6 Å². The molecule has 0 aliphatic heterocycles. The Kier molecular flexibility index (Phi) is 7.36. The Morgan fingerprint density at radius 2 is 1.78 bits per heavy atom. The van der Waals surface area contributed by atoms with Gasteiger partial charge in [0.2, 0.25) is 11.7 Å². The van der Waals surface area contributed by atoms with Crippen LogP contribution < -0.4 is 14.8 Å². The minimum absolute atomic E-state index is 0.0927. The van der Waals surface area contributed by atoms with E-state index in [-0.39, 0.29) is 23.9 Å². The highest BCUT2D eigenvalue weighted by Gasteiger charge is 2.15. The Morgan fingerprint density at radius 3 is 2.44 bits per heavy atom. The third-order valence-electron chi connectivity index (χ3n) is 3.64. The Hall–Kier alpha value is -2.87. The van der Waals surface area contributed by atoms with Crippen molar-refractivity contribution in [1.82, 2.24) is 5.32 Å². The first kappa shape index (κ1) is 20.4. The molecule has 1 amide bonds. The van der Waals surface area contributed by atoms with Crippen LogP contribution in [0.15, 0.2) is 30.3 Å². The van der Waals surface area contributed by atoms with E-state index in [1.165, 1.54) is 38.5 Å². The van der Waals surface area contributed by atoms with Gasteiger partial charge in [-0.15, -0.1) is 11.3 Å². The second-order valence-corrected chi connectivity index (χ2v) is 6.74. The number of esters is 1. The number of rotatable bonds is 9. The fraction of sp³-hybridized carbons (Fsp3) is 0.316. The molecular formula is C19H21NO6S. The van der Waals surface area contributed by atoms with Crippen LogP contribution in [0, 0.1) is 0 Å². The first-order valence-electron chi connectivity index (χ1n) is 8.20. The Balaban J connectivity index is 1.90. The minimum Gasteiger partial charge on any atom is -0.493 e. The van der Waals surface area contributed by atoms with Crippen molar-refractivity contribution in [2.75, 3.05) is 27.4 Å². The smallest absolute Gasteiger partial charge is 0.338 e. The Labute approximate surface area is 161 Å². The summed E-state index contributed by atoms with van der Waals surface area (Å²) in [5.74, 6) is -0.0906. The van der Waals surface area contributed by atoms with Crippen LogP contribution >= 0.6 is 11.3 Å². The van der Waals surface area contributed by atoms with Crippen molar-refractivity contribution in [3.63, 3.8) is 0 Å². The van der Waals surface area contributed by atoms with Crippen LogP contribution in [0.4, 0.5) is 0 Å². The number of hydrogen-bond donors (Lipinski definition) is 1. The maximum Gasteiger partial charge on any atom is 0.338 e. The fourth-order valence-electron chi connectivity index (χ4n) is 2.27. The summed E-state index contributed by atoms with van der Waals surface area (Å²) in [7, 11) is 2.97. The largest absolute Gasteiger partial charge is 0.493 e. The van der Waals surface area contributed by atoms with Crippen LogP contribution in [0.3, 0.4) is 0 Å². The van der Waals surface area contributed by atoms with Crippen LogP contribution in [-0.2, 0) is 16.0 Å². The molecule has 27 heavy (non-hydrogen) atoms. The number of thiophene rings is 1. The lowest BCUT2D eigenvalue weighted by atomic mass is 10.2. The van der Waals surface area contributed by atoms with Crippen LogP contribution in [0.2, 0.25) is 0 Å². The molecule has 144 valence electrons. The van der Waals surface area contributed by atoms with Gasteiger partial charge < -0.3 is 19.5 Å². The monoisotopic (exact) mass is 391 g/mol. The van der Waals surface area contributed by atoms with Gasteiger partial charge >= 0.3 is 5.97 Å². The average molecular weight is 391 g/mol. The highest BCUT2D eigenvalue weighted by Crippen LogP contribution is 2.27. The van der Waals surface area contributed by atoms with E-state index in [2.05, 4.69) is 5.32 Å². The molecule has 0 unspecified atom stereocenters. The van der Waals surface area contributed by atoms with E-state index < -0.39 is 5.97 Å². The number of hydrogen-bond acceptors (Lipinski definition) is 7. The van der Waals surface area contributed by atoms with E-state index in [4.69, 9.17) is 14.2 Å². The maximum atomic E-state index is 12.2. The molecule has 8 heteroatoms. The van der Waals surface area contributed by atoms with Crippen LogP contribution in [0.1, 0.15) is 31.8 Å². The predicted molar refractivity (Wildman–Crippen MR) is 101 cm³/mol. The first-order chi connectivity index (χ1) is 12.9. The van der Waals surface area contributed by atoms with Crippen LogP contribution in [0.5, 0.6) is 11.5 Å². The Morgan fingerprint density at radius 1 is 1.04 bits per heavy atom. The summed E-state index contributed by atoms with van der Waals surface area (Å²) in [5.41, 5.74) is 0.266. The molecule has 1 N–H and O–H groups in total. The van der Waals surface area contributed by atoms with Gasteiger partial charge in [0.1, 0.15) is 0 Å². The highest BCUT2D eigenvalue weighted by molar-refractivity contribution is 7.14. The summed E-state index contributed by atoms with van der Waals surface area (Å²) >= 11 is 1.32. The van der Waals surface area contributed by atoms with Crippen molar-refractivity contribution in [3.8, 4) is 11.5 Å². The van der Waals surface area contributed by atoms with Gasteiger partial charge in [-0.05, 0) is 36.8 Å². The topological polar surface area (TPSA) is 90.9 Å². The van der Waals surface area contributed by atoms with Crippen molar-refractivity contribution in [3.05, 3.63) is 45.6 Å². The number of ketones is 1. The number of ether oxygens (including phenoxy) is 3. The molecule has 0 radical (unpaired) electrons. The molecule has 0 aliphatic rings. The van der Waals surface area contributed by atoms with Gasteiger partial charge in [0.15, 0.2) is 18.1 Å². The molecular weight excluding hydrogens is 370 g/mol.